The number of aryl methyl sites for hydroxylation is 3. The maximum atomic E-state index is 12.9. The Balaban J connectivity index is 1.80. The smallest absolute Gasteiger partial charge is 0.207 e. The minimum absolute atomic E-state index is 0.364. The van der Waals surface area contributed by atoms with E-state index >= 15 is 0 Å². The molecule has 2 aromatic carbocycles. The van der Waals surface area contributed by atoms with E-state index in [4.69, 9.17) is 0 Å². The molecule has 3 nitrogen and oxygen atoms in total. The van der Waals surface area contributed by atoms with E-state index in [2.05, 4.69) is 44.2 Å². The van der Waals surface area contributed by atoms with Gasteiger partial charge in [-0.1, -0.05) is 54.1 Å². The molecule has 0 amide bonds. The standard InChI is InChI=1S/C22H25NO2S/c1-17-9-12-21(13-10-17)26(24,25)23-15-5-8-20(16-23)11-14-22-18(2)6-4-7-19(22)3/h4,6-14H,5,15-16H2,1-3H3/b14-11+. The Bertz CT molecular complexity index is 934. The summed E-state index contributed by atoms with van der Waals surface area (Å²) in [4.78, 5) is 0.364. The van der Waals surface area contributed by atoms with E-state index in [-0.39, 0.29) is 0 Å². The van der Waals surface area contributed by atoms with Crippen molar-refractivity contribution in [2.45, 2.75) is 32.1 Å². The first-order valence-corrected chi connectivity index (χ1v) is 10.3. The van der Waals surface area contributed by atoms with E-state index in [9.17, 15) is 8.42 Å². The van der Waals surface area contributed by atoms with Crippen molar-refractivity contribution in [3.8, 4) is 0 Å². The van der Waals surface area contributed by atoms with Gasteiger partial charge in [0.1, 0.15) is 0 Å². The van der Waals surface area contributed by atoms with Crippen LogP contribution in [0.2, 0.25) is 0 Å². The Morgan fingerprint density at radius 3 is 2.23 bits per heavy atom. The lowest BCUT2D eigenvalue weighted by molar-refractivity contribution is 0.431. The quantitative estimate of drug-likeness (QED) is 0.789. The minimum atomic E-state index is -3.45. The third-order valence-corrected chi connectivity index (χ3v) is 6.67. The summed E-state index contributed by atoms with van der Waals surface area (Å²) in [5.74, 6) is 0. The Morgan fingerprint density at radius 2 is 1.58 bits per heavy atom. The van der Waals surface area contributed by atoms with Gasteiger partial charge in [-0.15, -0.1) is 0 Å². The van der Waals surface area contributed by atoms with E-state index in [0.29, 0.717) is 18.0 Å². The van der Waals surface area contributed by atoms with Crippen LogP contribution < -0.4 is 0 Å². The molecule has 4 heteroatoms. The van der Waals surface area contributed by atoms with Gasteiger partial charge in [-0.05, 0) is 61.6 Å². The van der Waals surface area contributed by atoms with E-state index in [1.54, 1.807) is 16.4 Å². The van der Waals surface area contributed by atoms with Gasteiger partial charge in [-0.25, -0.2) is 8.42 Å². The van der Waals surface area contributed by atoms with Crippen molar-refractivity contribution in [3.05, 3.63) is 82.4 Å². The fourth-order valence-corrected chi connectivity index (χ4v) is 4.65. The topological polar surface area (TPSA) is 37.4 Å². The van der Waals surface area contributed by atoms with E-state index in [0.717, 1.165) is 17.6 Å². The molecule has 1 aliphatic rings. The van der Waals surface area contributed by atoms with Crippen LogP contribution in [-0.4, -0.2) is 25.8 Å². The number of sulfonamides is 1. The Hall–Kier alpha value is -2.17. The van der Waals surface area contributed by atoms with Crippen molar-refractivity contribution in [1.82, 2.24) is 4.31 Å². The summed E-state index contributed by atoms with van der Waals surface area (Å²) < 4.78 is 27.4. The molecule has 0 saturated carbocycles. The first-order valence-electron chi connectivity index (χ1n) is 8.88. The van der Waals surface area contributed by atoms with Crippen LogP contribution in [0.3, 0.4) is 0 Å². The van der Waals surface area contributed by atoms with Gasteiger partial charge in [-0.3, -0.25) is 0 Å². The van der Waals surface area contributed by atoms with E-state index in [1.807, 2.05) is 25.1 Å². The largest absolute Gasteiger partial charge is 0.243 e. The SMILES string of the molecule is Cc1ccc(S(=O)(=O)N2CCC=C(/C=C/c3c(C)cccc3C)C2)cc1. The van der Waals surface area contributed by atoms with Gasteiger partial charge in [0.25, 0.3) is 0 Å². The highest BCUT2D eigenvalue weighted by atomic mass is 32.2. The van der Waals surface area contributed by atoms with Gasteiger partial charge in [0.05, 0.1) is 4.90 Å². The first-order chi connectivity index (χ1) is 12.4. The Morgan fingerprint density at radius 1 is 0.923 bits per heavy atom. The van der Waals surface area contributed by atoms with Gasteiger partial charge in [-0.2, -0.15) is 4.31 Å². The van der Waals surface area contributed by atoms with Crippen molar-refractivity contribution in [1.29, 1.82) is 0 Å². The number of nitrogens with zero attached hydrogens (tertiary/aromatic N) is 1. The van der Waals surface area contributed by atoms with Gasteiger partial charge < -0.3 is 0 Å². The normalized spacial score (nSPS) is 16.0. The van der Waals surface area contributed by atoms with Crippen molar-refractivity contribution >= 4 is 16.1 Å². The maximum absolute atomic E-state index is 12.9. The van der Waals surface area contributed by atoms with Crippen LogP contribution in [-0.2, 0) is 10.0 Å². The van der Waals surface area contributed by atoms with Crippen LogP contribution >= 0.6 is 0 Å². The van der Waals surface area contributed by atoms with Crippen molar-refractivity contribution in [2.24, 2.45) is 0 Å². The second-order valence-electron chi connectivity index (χ2n) is 6.86. The van der Waals surface area contributed by atoms with Crippen LogP contribution in [0.15, 0.2) is 65.1 Å². The van der Waals surface area contributed by atoms with Gasteiger partial charge in [0.15, 0.2) is 0 Å². The maximum Gasteiger partial charge on any atom is 0.243 e. The summed E-state index contributed by atoms with van der Waals surface area (Å²) in [5.41, 5.74) is 5.74. The molecule has 0 radical (unpaired) electrons. The Kier molecular flexibility index (Phi) is 5.44. The minimum Gasteiger partial charge on any atom is -0.207 e. The molecule has 0 saturated heterocycles. The molecule has 136 valence electrons. The summed E-state index contributed by atoms with van der Waals surface area (Å²) in [6, 6.07) is 13.3. The molecule has 26 heavy (non-hydrogen) atoms. The highest BCUT2D eigenvalue weighted by Gasteiger charge is 2.26. The highest BCUT2D eigenvalue weighted by molar-refractivity contribution is 7.89. The molecule has 0 aliphatic carbocycles. The first kappa shape index (κ1) is 18.6. The average molecular weight is 368 g/mol. The molecular weight excluding hydrogens is 342 g/mol. The molecule has 2 aromatic rings. The van der Waals surface area contributed by atoms with Gasteiger partial charge in [0, 0.05) is 13.1 Å². The summed E-state index contributed by atoms with van der Waals surface area (Å²) in [5, 5.41) is 0. The van der Waals surface area contributed by atoms with Gasteiger partial charge >= 0.3 is 0 Å². The van der Waals surface area contributed by atoms with Crippen LogP contribution in [0.4, 0.5) is 0 Å². The summed E-state index contributed by atoms with van der Waals surface area (Å²) >= 11 is 0. The molecule has 0 N–H and O–H groups in total. The third kappa shape index (κ3) is 3.97. The predicted octanol–water partition coefficient (Wildman–Crippen LogP) is 4.65. The van der Waals surface area contributed by atoms with Crippen LogP contribution in [0, 0.1) is 20.8 Å². The van der Waals surface area contributed by atoms with Crippen LogP contribution in [0.5, 0.6) is 0 Å². The molecule has 0 atom stereocenters. The Labute approximate surface area is 156 Å². The lowest BCUT2D eigenvalue weighted by Crippen LogP contribution is -2.35. The molecule has 1 aliphatic heterocycles. The molecule has 0 spiro atoms. The molecule has 0 aromatic heterocycles. The zero-order chi connectivity index (χ0) is 18.7. The summed E-state index contributed by atoms with van der Waals surface area (Å²) in [7, 11) is -3.45. The number of rotatable bonds is 4. The van der Waals surface area contributed by atoms with Crippen molar-refractivity contribution in [3.63, 3.8) is 0 Å². The number of benzene rings is 2. The lowest BCUT2D eigenvalue weighted by Gasteiger charge is -2.25. The second-order valence-corrected chi connectivity index (χ2v) is 8.80. The molecule has 1 heterocycles. The molecule has 3 rings (SSSR count). The number of hydrogen-bond donors (Lipinski definition) is 0. The fourth-order valence-electron chi connectivity index (χ4n) is 3.21. The van der Waals surface area contributed by atoms with Gasteiger partial charge in [0.2, 0.25) is 10.0 Å². The molecule has 0 bridgehead atoms. The van der Waals surface area contributed by atoms with Crippen molar-refractivity contribution < 1.29 is 8.42 Å². The predicted molar refractivity (Wildman–Crippen MR) is 108 cm³/mol. The zero-order valence-electron chi connectivity index (χ0n) is 15.6. The molecule has 0 fully saturated rings. The summed E-state index contributed by atoms with van der Waals surface area (Å²) in [6.07, 6.45) is 7.01. The average Bonchev–Trinajstić information content (AvgIpc) is 2.62. The van der Waals surface area contributed by atoms with E-state index in [1.165, 1.54) is 16.7 Å². The van der Waals surface area contributed by atoms with Crippen LogP contribution in [0.1, 0.15) is 28.7 Å². The lowest BCUT2D eigenvalue weighted by atomic mass is 10.0. The van der Waals surface area contributed by atoms with Crippen LogP contribution in [0.25, 0.3) is 6.08 Å². The van der Waals surface area contributed by atoms with E-state index < -0.39 is 10.0 Å². The molecular formula is C22H25NO2S. The van der Waals surface area contributed by atoms with Crippen molar-refractivity contribution in [2.75, 3.05) is 13.1 Å². The number of hydrogen-bond acceptors (Lipinski definition) is 2. The molecule has 0 unspecified atom stereocenters. The summed E-state index contributed by atoms with van der Waals surface area (Å²) in [6.45, 7) is 7.08. The monoisotopic (exact) mass is 367 g/mol. The highest BCUT2D eigenvalue weighted by Crippen LogP contribution is 2.23. The third-order valence-electron chi connectivity index (χ3n) is 4.81. The zero-order valence-corrected chi connectivity index (χ0v) is 16.4. The fraction of sp³-hybridized carbons (Fsp3) is 0.273. The second kappa shape index (κ2) is 7.60.